The number of nitrogens with zero attached hydrogens (tertiary/aromatic N) is 1. The van der Waals surface area contributed by atoms with Crippen LogP contribution in [0.1, 0.15) is 32.8 Å². The summed E-state index contributed by atoms with van der Waals surface area (Å²) in [5.41, 5.74) is 1.28. The number of nitrogens with one attached hydrogen (secondary N) is 1. The van der Waals surface area contributed by atoms with E-state index in [0.29, 0.717) is 11.8 Å². The first-order valence-corrected chi connectivity index (χ1v) is 7.43. The summed E-state index contributed by atoms with van der Waals surface area (Å²) >= 11 is 0. The van der Waals surface area contributed by atoms with Crippen molar-refractivity contribution in [3.63, 3.8) is 0 Å². The molecule has 0 saturated heterocycles. The Kier molecular flexibility index (Phi) is 7.53. The van der Waals surface area contributed by atoms with Gasteiger partial charge in [0.1, 0.15) is 5.75 Å². The number of rotatable bonds is 9. The Morgan fingerprint density at radius 1 is 1.11 bits per heavy atom. The lowest BCUT2D eigenvalue weighted by Crippen LogP contribution is -2.35. The standard InChI is InChI=1S/C16H28N2O/c1-4-17-15(11-12-18(5-2)6-3)13-14-7-9-16(19)10-8-14/h7-10,15,17,19H,4-6,11-13H2,1-3H3. The zero-order chi connectivity index (χ0) is 14.1. The molecule has 1 atom stereocenters. The largest absolute Gasteiger partial charge is 0.508 e. The van der Waals surface area contributed by atoms with Crippen LogP contribution in [0.2, 0.25) is 0 Å². The molecule has 1 aromatic carbocycles. The first-order valence-electron chi connectivity index (χ1n) is 7.43. The quantitative estimate of drug-likeness (QED) is 0.720. The van der Waals surface area contributed by atoms with Gasteiger partial charge in [-0.2, -0.15) is 0 Å². The molecule has 1 aromatic rings. The molecule has 108 valence electrons. The van der Waals surface area contributed by atoms with E-state index >= 15 is 0 Å². The molecule has 0 aliphatic rings. The summed E-state index contributed by atoms with van der Waals surface area (Å²) in [4.78, 5) is 2.46. The van der Waals surface area contributed by atoms with Crippen molar-refractivity contribution in [2.45, 2.75) is 39.7 Å². The number of phenols is 1. The summed E-state index contributed by atoms with van der Waals surface area (Å²) in [5.74, 6) is 0.340. The van der Waals surface area contributed by atoms with Crippen LogP contribution in [0.25, 0.3) is 0 Å². The molecule has 0 radical (unpaired) electrons. The van der Waals surface area contributed by atoms with E-state index in [1.54, 1.807) is 12.1 Å². The minimum atomic E-state index is 0.340. The van der Waals surface area contributed by atoms with E-state index in [0.717, 1.165) is 39.0 Å². The molecule has 1 rings (SSSR count). The summed E-state index contributed by atoms with van der Waals surface area (Å²) in [6.45, 7) is 11.0. The van der Waals surface area contributed by atoms with Crippen LogP contribution in [-0.2, 0) is 6.42 Å². The molecule has 2 N–H and O–H groups in total. The Morgan fingerprint density at radius 2 is 1.74 bits per heavy atom. The summed E-state index contributed by atoms with van der Waals surface area (Å²) in [5, 5.41) is 12.9. The van der Waals surface area contributed by atoms with E-state index in [4.69, 9.17) is 0 Å². The van der Waals surface area contributed by atoms with Crippen molar-refractivity contribution in [3.8, 4) is 5.75 Å². The minimum Gasteiger partial charge on any atom is -0.508 e. The van der Waals surface area contributed by atoms with Gasteiger partial charge in [-0.25, -0.2) is 0 Å². The lowest BCUT2D eigenvalue weighted by atomic mass is 10.0. The summed E-state index contributed by atoms with van der Waals surface area (Å²) in [6, 6.07) is 8.06. The molecule has 0 bridgehead atoms. The van der Waals surface area contributed by atoms with Gasteiger partial charge in [-0.05, 0) is 56.7 Å². The van der Waals surface area contributed by atoms with Gasteiger partial charge in [0, 0.05) is 6.04 Å². The average Bonchev–Trinajstić information content (AvgIpc) is 2.42. The SMILES string of the molecule is CCNC(CCN(CC)CC)Cc1ccc(O)cc1. The van der Waals surface area contributed by atoms with Crippen molar-refractivity contribution in [1.82, 2.24) is 10.2 Å². The van der Waals surface area contributed by atoms with Gasteiger partial charge >= 0.3 is 0 Å². The first-order chi connectivity index (χ1) is 9.19. The maximum absolute atomic E-state index is 9.31. The highest BCUT2D eigenvalue weighted by Crippen LogP contribution is 2.12. The minimum absolute atomic E-state index is 0.340. The third-order valence-corrected chi connectivity index (χ3v) is 3.60. The predicted molar refractivity (Wildman–Crippen MR) is 81.7 cm³/mol. The Morgan fingerprint density at radius 3 is 2.26 bits per heavy atom. The highest BCUT2D eigenvalue weighted by Gasteiger charge is 2.10. The van der Waals surface area contributed by atoms with Gasteiger partial charge in [0.05, 0.1) is 0 Å². The van der Waals surface area contributed by atoms with Gasteiger partial charge in [-0.15, -0.1) is 0 Å². The third-order valence-electron chi connectivity index (χ3n) is 3.60. The molecule has 0 fully saturated rings. The van der Waals surface area contributed by atoms with Crippen LogP contribution in [0.15, 0.2) is 24.3 Å². The van der Waals surface area contributed by atoms with Crippen LogP contribution in [0.4, 0.5) is 0 Å². The van der Waals surface area contributed by atoms with Gasteiger partial charge in [0.25, 0.3) is 0 Å². The van der Waals surface area contributed by atoms with Crippen molar-refractivity contribution >= 4 is 0 Å². The van der Waals surface area contributed by atoms with Crippen molar-refractivity contribution < 1.29 is 5.11 Å². The van der Waals surface area contributed by atoms with Gasteiger partial charge in [-0.3, -0.25) is 0 Å². The molecule has 0 aromatic heterocycles. The smallest absolute Gasteiger partial charge is 0.115 e. The molecule has 0 saturated carbocycles. The van der Waals surface area contributed by atoms with E-state index in [2.05, 4.69) is 31.0 Å². The molecule has 19 heavy (non-hydrogen) atoms. The molecule has 0 aliphatic carbocycles. The van der Waals surface area contributed by atoms with E-state index in [1.165, 1.54) is 5.56 Å². The number of aromatic hydroxyl groups is 1. The van der Waals surface area contributed by atoms with Crippen molar-refractivity contribution in [2.24, 2.45) is 0 Å². The van der Waals surface area contributed by atoms with E-state index < -0.39 is 0 Å². The lowest BCUT2D eigenvalue weighted by Gasteiger charge is -2.23. The second-order valence-corrected chi connectivity index (χ2v) is 4.94. The fourth-order valence-corrected chi connectivity index (χ4v) is 2.36. The number of likely N-dealkylation sites (N-methyl/N-ethyl adjacent to an activating group) is 1. The van der Waals surface area contributed by atoms with Crippen LogP contribution >= 0.6 is 0 Å². The maximum Gasteiger partial charge on any atom is 0.115 e. The molecular formula is C16H28N2O. The number of hydrogen-bond donors (Lipinski definition) is 2. The lowest BCUT2D eigenvalue weighted by molar-refractivity contribution is 0.281. The van der Waals surface area contributed by atoms with Gasteiger partial charge < -0.3 is 15.3 Å². The highest BCUT2D eigenvalue weighted by atomic mass is 16.3. The van der Waals surface area contributed by atoms with Crippen LogP contribution in [-0.4, -0.2) is 42.2 Å². The molecule has 1 unspecified atom stereocenters. The molecule has 3 heteroatoms. The van der Waals surface area contributed by atoms with E-state index in [-0.39, 0.29) is 0 Å². The number of hydrogen-bond acceptors (Lipinski definition) is 3. The number of phenolic OH excluding ortho intramolecular Hbond substituents is 1. The zero-order valence-electron chi connectivity index (χ0n) is 12.5. The van der Waals surface area contributed by atoms with Gasteiger partial charge in [0.2, 0.25) is 0 Å². The molecular weight excluding hydrogens is 236 g/mol. The normalized spacial score (nSPS) is 12.8. The average molecular weight is 264 g/mol. The second kappa shape index (κ2) is 8.94. The van der Waals surface area contributed by atoms with Crippen molar-refractivity contribution in [2.75, 3.05) is 26.2 Å². The molecule has 0 spiro atoms. The fraction of sp³-hybridized carbons (Fsp3) is 0.625. The maximum atomic E-state index is 9.31. The zero-order valence-corrected chi connectivity index (χ0v) is 12.5. The van der Waals surface area contributed by atoms with Crippen LogP contribution < -0.4 is 5.32 Å². The Balaban J connectivity index is 2.49. The van der Waals surface area contributed by atoms with Gasteiger partial charge in [0.15, 0.2) is 0 Å². The van der Waals surface area contributed by atoms with E-state index in [1.807, 2.05) is 12.1 Å². The Hall–Kier alpha value is -1.06. The van der Waals surface area contributed by atoms with Crippen molar-refractivity contribution in [1.29, 1.82) is 0 Å². The second-order valence-electron chi connectivity index (χ2n) is 4.94. The highest BCUT2D eigenvalue weighted by molar-refractivity contribution is 5.26. The Bertz CT molecular complexity index is 333. The third kappa shape index (κ3) is 6.08. The number of benzene rings is 1. The monoisotopic (exact) mass is 264 g/mol. The first kappa shape index (κ1) is 16.0. The Labute approximate surface area is 117 Å². The van der Waals surface area contributed by atoms with Crippen LogP contribution in [0, 0.1) is 0 Å². The predicted octanol–water partition coefficient (Wildman–Crippen LogP) is 2.64. The molecule has 0 heterocycles. The molecule has 3 nitrogen and oxygen atoms in total. The topological polar surface area (TPSA) is 35.5 Å². The summed E-state index contributed by atoms with van der Waals surface area (Å²) in [6.07, 6.45) is 2.19. The van der Waals surface area contributed by atoms with E-state index in [9.17, 15) is 5.11 Å². The van der Waals surface area contributed by atoms with Crippen molar-refractivity contribution in [3.05, 3.63) is 29.8 Å². The van der Waals surface area contributed by atoms with Gasteiger partial charge in [-0.1, -0.05) is 32.9 Å². The fourth-order valence-electron chi connectivity index (χ4n) is 2.36. The van der Waals surface area contributed by atoms with Crippen LogP contribution in [0.5, 0.6) is 5.75 Å². The summed E-state index contributed by atoms with van der Waals surface area (Å²) in [7, 11) is 0. The summed E-state index contributed by atoms with van der Waals surface area (Å²) < 4.78 is 0. The molecule has 0 aliphatic heterocycles. The van der Waals surface area contributed by atoms with Crippen LogP contribution in [0.3, 0.4) is 0 Å². The molecule has 0 amide bonds.